The van der Waals surface area contributed by atoms with E-state index in [1.807, 2.05) is 0 Å². The largest absolute Gasteiger partial charge is 0.393 e. The van der Waals surface area contributed by atoms with Crippen LogP contribution in [-0.4, -0.2) is 11.2 Å². The predicted octanol–water partition coefficient (Wildman–Crippen LogP) is 9.69. The maximum absolute atomic E-state index is 10.1. The Morgan fingerprint density at radius 3 is 1.38 bits per heavy atom. The molecule has 0 spiro atoms. The lowest BCUT2D eigenvalue weighted by atomic mass is 10.0. The maximum atomic E-state index is 10.1. The molecule has 1 N–H and O–H groups in total. The molecule has 0 aliphatic heterocycles. The summed E-state index contributed by atoms with van der Waals surface area (Å²) >= 11 is 0. The first-order valence-corrected chi connectivity index (χ1v) is 13.3. The number of rotatable bonds is 23. The first-order chi connectivity index (χ1) is 14.3. The Balaban J connectivity index is 3.23. The van der Waals surface area contributed by atoms with Gasteiger partial charge >= 0.3 is 0 Å². The molecule has 1 unspecified atom stereocenters. The van der Waals surface area contributed by atoms with Crippen molar-refractivity contribution in [2.45, 2.75) is 155 Å². The third-order valence-electron chi connectivity index (χ3n) is 5.86. The number of hydrogen-bond acceptors (Lipinski definition) is 1. The van der Waals surface area contributed by atoms with Gasteiger partial charge in [-0.2, -0.15) is 0 Å². The van der Waals surface area contributed by atoms with Crippen molar-refractivity contribution in [3.63, 3.8) is 0 Å². The second kappa shape index (κ2) is 25.5. The van der Waals surface area contributed by atoms with Crippen LogP contribution in [0.3, 0.4) is 0 Å². The van der Waals surface area contributed by atoms with Crippen LogP contribution in [0, 0.1) is 0 Å². The Morgan fingerprint density at radius 2 is 0.828 bits per heavy atom. The fourth-order valence-corrected chi connectivity index (χ4v) is 3.81. The fourth-order valence-electron chi connectivity index (χ4n) is 3.81. The van der Waals surface area contributed by atoms with Crippen LogP contribution in [0.5, 0.6) is 0 Å². The number of aliphatic hydroxyl groups excluding tert-OH is 1. The molecule has 29 heavy (non-hydrogen) atoms. The smallest absolute Gasteiger partial charge is 0.0543 e. The highest BCUT2D eigenvalue weighted by atomic mass is 16.3. The molecule has 0 heterocycles. The van der Waals surface area contributed by atoms with E-state index >= 15 is 0 Å². The van der Waals surface area contributed by atoms with Crippen molar-refractivity contribution in [3.05, 3.63) is 24.3 Å². The molecule has 0 aromatic carbocycles. The van der Waals surface area contributed by atoms with Crippen LogP contribution in [0.25, 0.3) is 0 Å². The molecule has 1 nitrogen and oxygen atoms in total. The lowest BCUT2D eigenvalue weighted by Gasteiger charge is -2.08. The van der Waals surface area contributed by atoms with E-state index in [1.54, 1.807) is 0 Å². The fraction of sp³-hybridized carbons (Fsp3) is 0.857. The van der Waals surface area contributed by atoms with Gasteiger partial charge in [0.15, 0.2) is 0 Å². The molecule has 0 fully saturated rings. The highest BCUT2D eigenvalue weighted by molar-refractivity contribution is 4.82. The zero-order valence-corrected chi connectivity index (χ0v) is 20.2. The van der Waals surface area contributed by atoms with Crippen molar-refractivity contribution in [1.29, 1.82) is 0 Å². The van der Waals surface area contributed by atoms with Crippen LogP contribution in [0.2, 0.25) is 0 Å². The third kappa shape index (κ3) is 25.4. The zero-order chi connectivity index (χ0) is 21.3. The van der Waals surface area contributed by atoms with Crippen molar-refractivity contribution in [3.8, 4) is 0 Å². The van der Waals surface area contributed by atoms with Crippen LogP contribution in [-0.2, 0) is 0 Å². The highest BCUT2D eigenvalue weighted by Crippen LogP contribution is 2.13. The van der Waals surface area contributed by atoms with E-state index in [2.05, 4.69) is 38.2 Å². The Labute approximate surface area is 184 Å². The van der Waals surface area contributed by atoms with Crippen molar-refractivity contribution in [2.24, 2.45) is 0 Å². The van der Waals surface area contributed by atoms with Gasteiger partial charge in [-0.1, -0.05) is 115 Å². The van der Waals surface area contributed by atoms with Gasteiger partial charge in [0.2, 0.25) is 0 Å². The topological polar surface area (TPSA) is 20.2 Å². The second-order valence-electron chi connectivity index (χ2n) is 8.92. The molecule has 1 atom stereocenters. The summed E-state index contributed by atoms with van der Waals surface area (Å²) in [6.45, 7) is 4.53. The first-order valence-electron chi connectivity index (χ1n) is 13.3. The molecule has 172 valence electrons. The minimum Gasteiger partial charge on any atom is -0.393 e. The lowest BCUT2D eigenvalue weighted by Crippen LogP contribution is -2.05. The van der Waals surface area contributed by atoms with E-state index in [-0.39, 0.29) is 6.10 Å². The molecule has 0 rings (SSSR count). The van der Waals surface area contributed by atoms with E-state index in [4.69, 9.17) is 0 Å². The minimum atomic E-state index is -0.0907. The van der Waals surface area contributed by atoms with E-state index in [9.17, 15) is 5.11 Å². The van der Waals surface area contributed by atoms with E-state index in [0.717, 1.165) is 19.3 Å². The molecule has 0 amide bonds. The summed E-state index contributed by atoms with van der Waals surface area (Å²) in [5.74, 6) is 0. The molecule has 0 aliphatic rings. The Bertz CT molecular complexity index is 344. The average molecular weight is 407 g/mol. The summed E-state index contributed by atoms with van der Waals surface area (Å²) in [7, 11) is 0. The lowest BCUT2D eigenvalue weighted by molar-refractivity contribution is 0.152. The Morgan fingerprint density at radius 1 is 0.448 bits per heavy atom. The number of hydrogen-bond donors (Lipinski definition) is 1. The molecule has 0 aliphatic carbocycles. The molecule has 1 heteroatoms. The van der Waals surface area contributed by atoms with E-state index < -0.39 is 0 Å². The van der Waals surface area contributed by atoms with Crippen molar-refractivity contribution < 1.29 is 5.11 Å². The Hall–Kier alpha value is -0.560. The van der Waals surface area contributed by atoms with Crippen LogP contribution in [0.15, 0.2) is 24.3 Å². The Kier molecular flexibility index (Phi) is 25.0. The van der Waals surface area contributed by atoms with Gasteiger partial charge in [0.25, 0.3) is 0 Å². The standard InChI is InChI=1S/C28H54O/c1-3-5-7-9-11-12-13-14-15-16-17-18-19-21-23-25-27-28(29)26-24-22-20-10-8-6-4-2/h14-15,20,22,28-29H,3-13,16-19,21,23-27H2,1-2H3/b15-14-,22-20-. The van der Waals surface area contributed by atoms with Gasteiger partial charge in [0.05, 0.1) is 6.10 Å². The molecule has 0 aromatic heterocycles. The maximum Gasteiger partial charge on any atom is 0.0543 e. The third-order valence-corrected chi connectivity index (χ3v) is 5.86. The normalized spacial score (nSPS) is 13.1. The molecule has 0 radical (unpaired) electrons. The molecule has 0 aromatic rings. The number of unbranched alkanes of at least 4 members (excludes halogenated alkanes) is 15. The average Bonchev–Trinajstić information content (AvgIpc) is 2.72. The summed E-state index contributed by atoms with van der Waals surface area (Å²) in [6, 6.07) is 0. The van der Waals surface area contributed by atoms with Gasteiger partial charge < -0.3 is 5.11 Å². The van der Waals surface area contributed by atoms with Crippen LogP contribution >= 0.6 is 0 Å². The molecule has 0 saturated heterocycles. The number of aliphatic hydroxyl groups is 1. The predicted molar refractivity (Wildman–Crippen MR) is 133 cm³/mol. The van der Waals surface area contributed by atoms with E-state index in [1.165, 1.54) is 116 Å². The quantitative estimate of drug-likeness (QED) is 0.132. The van der Waals surface area contributed by atoms with Crippen molar-refractivity contribution >= 4 is 0 Å². The van der Waals surface area contributed by atoms with Crippen molar-refractivity contribution in [1.82, 2.24) is 0 Å². The molecule has 0 bridgehead atoms. The van der Waals surface area contributed by atoms with Gasteiger partial charge in [-0.05, 0) is 57.8 Å². The highest BCUT2D eigenvalue weighted by Gasteiger charge is 2.02. The van der Waals surface area contributed by atoms with Gasteiger partial charge in [-0.25, -0.2) is 0 Å². The number of allylic oxidation sites excluding steroid dienone is 4. The SMILES string of the molecule is CCCCC/C=C\CCC(O)CCCCCCCC/C=C\CCCCCCCC. The van der Waals surface area contributed by atoms with Gasteiger partial charge in [-0.3, -0.25) is 0 Å². The van der Waals surface area contributed by atoms with Crippen LogP contribution in [0.4, 0.5) is 0 Å². The summed E-state index contributed by atoms with van der Waals surface area (Å²) in [4.78, 5) is 0. The summed E-state index contributed by atoms with van der Waals surface area (Å²) < 4.78 is 0. The summed E-state index contributed by atoms with van der Waals surface area (Å²) in [5.41, 5.74) is 0. The molecular formula is C28H54O. The first kappa shape index (κ1) is 28.4. The molecular weight excluding hydrogens is 352 g/mol. The monoisotopic (exact) mass is 406 g/mol. The van der Waals surface area contributed by atoms with E-state index in [0.29, 0.717) is 0 Å². The molecule has 0 saturated carbocycles. The zero-order valence-electron chi connectivity index (χ0n) is 20.2. The van der Waals surface area contributed by atoms with Crippen LogP contribution < -0.4 is 0 Å². The van der Waals surface area contributed by atoms with Gasteiger partial charge in [-0.15, -0.1) is 0 Å². The van der Waals surface area contributed by atoms with Crippen LogP contribution in [0.1, 0.15) is 149 Å². The van der Waals surface area contributed by atoms with Gasteiger partial charge in [0.1, 0.15) is 0 Å². The summed E-state index contributed by atoms with van der Waals surface area (Å²) in [5, 5.41) is 10.1. The van der Waals surface area contributed by atoms with Gasteiger partial charge in [0, 0.05) is 0 Å². The second-order valence-corrected chi connectivity index (χ2v) is 8.92. The minimum absolute atomic E-state index is 0.0907. The van der Waals surface area contributed by atoms with Crippen molar-refractivity contribution in [2.75, 3.05) is 0 Å². The summed E-state index contributed by atoms with van der Waals surface area (Å²) in [6.07, 6.45) is 36.2.